The molecular formula is C13H15FN4S. The molecule has 0 fully saturated rings. The Morgan fingerprint density at radius 2 is 2.21 bits per heavy atom. The predicted octanol–water partition coefficient (Wildman–Crippen LogP) is 2.50. The first kappa shape index (κ1) is 13.5. The molecule has 0 amide bonds. The molecule has 0 saturated heterocycles. The maximum absolute atomic E-state index is 13.2. The van der Waals surface area contributed by atoms with Gasteiger partial charge in [0.05, 0.1) is 11.4 Å². The molecule has 0 spiro atoms. The van der Waals surface area contributed by atoms with Crippen LogP contribution in [0, 0.1) is 5.82 Å². The highest BCUT2D eigenvalue weighted by Gasteiger charge is 2.11. The third-order valence-electron chi connectivity index (χ3n) is 2.76. The molecule has 2 aromatic rings. The fourth-order valence-corrected chi connectivity index (χ4v) is 2.04. The zero-order valence-electron chi connectivity index (χ0n) is 10.8. The number of hydrogen-bond acceptors (Lipinski definition) is 3. The first-order valence-corrected chi connectivity index (χ1v) is 6.31. The summed E-state index contributed by atoms with van der Waals surface area (Å²) in [6, 6.07) is 4.31. The minimum atomic E-state index is -0.366. The topological polar surface area (TPSA) is 55.9 Å². The van der Waals surface area contributed by atoms with Gasteiger partial charge in [0.2, 0.25) is 0 Å². The maximum atomic E-state index is 13.2. The van der Waals surface area contributed by atoms with Crippen molar-refractivity contribution >= 4 is 28.6 Å². The van der Waals surface area contributed by atoms with Gasteiger partial charge in [-0.25, -0.2) is 4.39 Å². The lowest BCUT2D eigenvalue weighted by atomic mass is 10.1. The minimum absolute atomic E-state index is 0.156. The molecule has 0 unspecified atom stereocenters. The summed E-state index contributed by atoms with van der Waals surface area (Å²) < 4.78 is 15.0. The van der Waals surface area contributed by atoms with E-state index >= 15 is 0 Å². The highest BCUT2D eigenvalue weighted by molar-refractivity contribution is 7.80. The van der Waals surface area contributed by atoms with Gasteiger partial charge in [-0.1, -0.05) is 19.1 Å². The average molecular weight is 278 g/mol. The summed E-state index contributed by atoms with van der Waals surface area (Å²) in [5.41, 5.74) is 8.58. The lowest BCUT2D eigenvalue weighted by Crippen LogP contribution is -2.12. The van der Waals surface area contributed by atoms with E-state index in [2.05, 4.69) is 10.4 Å². The van der Waals surface area contributed by atoms with Gasteiger partial charge < -0.3 is 11.1 Å². The maximum Gasteiger partial charge on any atom is 0.124 e. The van der Waals surface area contributed by atoms with Gasteiger partial charge in [-0.2, -0.15) is 5.10 Å². The molecule has 0 bridgehead atoms. The minimum Gasteiger partial charge on any atom is -0.389 e. The number of aromatic nitrogens is 2. The SMILES string of the molecule is CCc1nn(C)cc1Nc1ccc(F)cc1C(N)=S. The molecule has 4 nitrogen and oxygen atoms in total. The number of hydrogen-bond donors (Lipinski definition) is 2. The van der Waals surface area contributed by atoms with Crippen LogP contribution in [0.4, 0.5) is 15.8 Å². The van der Waals surface area contributed by atoms with E-state index in [0.29, 0.717) is 11.3 Å². The van der Waals surface area contributed by atoms with E-state index in [9.17, 15) is 4.39 Å². The van der Waals surface area contributed by atoms with Crippen LogP contribution < -0.4 is 11.1 Å². The predicted molar refractivity (Wildman–Crippen MR) is 78.2 cm³/mol. The molecule has 0 saturated carbocycles. The van der Waals surface area contributed by atoms with E-state index in [0.717, 1.165) is 17.8 Å². The Hall–Kier alpha value is -1.95. The smallest absolute Gasteiger partial charge is 0.124 e. The summed E-state index contributed by atoms with van der Waals surface area (Å²) in [5, 5.41) is 7.54. The fourth-order valence-electron chi connectivity index (χ4n) is 1.87. The van der Waals surface area contributed by atoms with E-state index in [1.54, 1.807) is 10.7 Å². The fraction of sp³-hybridized carbons (Fsp3) is 0.231. The van der Waals surface area contributed by atoms with Crippen LogP contribution in [-0.2, 0) is 13.5 Å². The molecule has 1 aromatic carbocycles. The van der Waals surface area contributed by atoms with Gasteiger partial charge in [0.1, 0.15) is 10.8 Å². The number of rotatable bonds is 4. The van der Waals surface area contributed by atoms with E-state index in [4.69, 9.17) is 18.0 Å². The van der Waals surface area contributed by atoms with Crippen molar-refractivity contribution in [2.24, 2.45) is 12.8 Å². The zero-order valence-corrected chi connectivity index (χ0v) is 11.6. The summed E-state index contributed by atoms with van der Waals surface area (Å²) in [4.78, 5) is 0.156. The molecule has 0 atom stereocenters. The third kappa shape index (κ3) is 2.90. The lowest BCUT2D eigenvalue weighted by molar-refractivity contribution is 0.628. The van der Waals surface area contributed by atoms with Crippen molar-refractivity contribution in [2.75, 3.05) is 5.32 Å². The highest BCUT2D eigenvalue weighted by Crippen LogP contribution is 2.24. The summed E-state index contributed by atoms with van der Waals surface area (Å²) in [7, 11) is 1.85. The summed E-state index contributed by atoms with van der Waals surface area (Å²) in [6.45, 7) is 2.02. The number of nitrogens with two attached hydrogens (primary N) is 1. The largest absolute Gasteiger partial charge is 0.389 e. The van der Waals surface area contributed by atoms with Crippen molar-refractivity contribution in [1.82, 2.24) is 9.78 Å². The molecule has 1 heterocycles. The molecule has 1 aromatic heterocycles. The van der Waals surface area contributed by atoms with Gasteiger partial charge in [-0.3, -0.25) is 4.68 Å². The number of halogens is 1. The number of nitrogens with zero attached hydrogens (tertiary/aromatic N) is 2. The Bertz CT molecular complexity index is 621. The quantitative estimate of drug-likeness (QED) is 0.844. The van der Waals surface area contributed by atoms with E-state index < -0.39 is 0 Å². The van der Waals surface area contributed by atoms with Crippen LogP contribution in [0.25, 0.3) is 0 Å². The van der Waals surface area contributed by atoms with Crippen LogP contribution >= 0.6 is 12.2 Å². The van der Waals surface area contributed by atoms with Crippen molar-refractivity contribution in [3.8, 4) is 0 Å². The number of aryl methyl sites for hydroxylation is 2. The zero-order chi connectivity index (χ0) is 14.0. The molecule has 0 radical (unpaired) electrons. The van der Waals surface area contributed by atoms with Crippen LogP contribution in [-0.4, -0.2) is 14.8 Å². The van der Waals surface area contributed by atoms with Crippen LogP contribution in [0.1, 0.15) is 18.2 Å². The van der Waals surface area contributed by atoms with Gasteiger partial charge >= 0.3 is 0 Å². The van der Waals surface area contributed by atoms with E-state index in [-0.39, 0.29) is 10.8 Å². The Morgan fingerprint density at radius 1 is 1.47 bits per heavy atom. The molecular weight excluding hydrogens is 263 g/mol. The third-order valence-corrected chi connectivity index (χ3v) is 2.98. The molecule has 6 heteroatoms. The van der Waals surface area contributed by atoms with Gasteiger partial charge in [0.15, 0.2) is 0 Å². The standard InChI is InChI=1S/C13H15FN4S/c1-3-10-12(7-18(2)17-10)16-11-5-4-8(14)6-9(11)13(15)19/h4-7,16H,3H2,1-2H3,(H2,15,19). The molecule has 0 aliphatic carbocycles. The molecule has 2 rings (SSSR count). The second-order valence-electron chi connectivity index (χ2n) is 4.20. The van der Waals surface area contributed by atoms with Gasteiger partial charge in [0, 0.05) is 24.5 Å². The summed E-state index contributed by atoms with van der Waals surface area (Å²) in [5.74, 6) is -0.366. The highest BCUT2D eigenvalue weighted by atomic mass is 32.1. The van der Waals surface area contributed by atoms with Crippen LogP contribution in [0.15, 0.2) is 24.4 Å². The number of anilines is 2. The van der Waals surface area contributed by atoms with Crippen LogP contribution in [0.5, 0.6) is 0 Å². The van der Waals surface area contributed by atoms with Gasteiger partial charge in [0.25, 0.3) is 0 Å². The Morgan fingerprint density at radius 3 is 2.84 bits per heavy atom. The normalized spacial score (nSPS) is 10.5. The number of nitrogens with one attached hydrogen (secondary N) is 1. The monoisotopic (exact) mass is 278 g/mol. The molecule has 100 valence electrons. The van der Waals surface area contributed by atoms with Crippen molar-refractivity contribution in [1.29, 1.82) is 0 Å². The number of benzene rings is 1. The second kappa shape index (κ2) is 5.36. The van der Waals surface area contributed by atoms with Gasteiger partial charge in [-0.15, -0.1) is 0 Å². The lowest BCUT2D eigenvalue weighted by Gasteiger charge is -2.10. The van der Waals surface area contributed by atoms with Crippen molar-refractivity contribution in [3.63, 3.8) is 0 Å². The van der Waals surface area contributed by atoms with Gasteiger partial charge in [-0.05, 0) is 24.6 Å². The second-order valence-corrected chi connectivity index (χ2v) is 4.64. The van der Waals surface area contributed by atoms with Crippen molar-refractivity contribution in [2.45, 2.75) is 13.3 Å². The first-order chi connectivity index (χ1) is 9.01. The Kier molecular flexibility index (Phi) is 3.80. The molecule has 19 heavy (non-hydrogen) atoms. The molecule has 3 N–H and O–H groups in total. The first-order valence-electron chi connectivity index (χ1n) is 5.90. The van der Waals surface area contributed by atoms with Crippen molar-refractivity contribution < 1.29 is 4.39 Å². The van der Waals surface area contributed by atoms with Crippen LogP contribution in [0.2, 0.25) is 0 Å². The Balaban J connectivity index is 2.40. The van der Waals surface area contributed by atoms with Crippen LogP contribution in [0.3, 0.4) is 0 Å². The van der Waals surface area contributed by atoms with E-state index in [1.807, 2.05) is 20.2 Å². The Labute approximate surface area is 116 Å². The molecule has 0 aliphatic rings. The number of thiocarbonyl (C=S) groups is 1. The van der Waals surface area contributed by atoms with E-state index in [1.165, 1.54) is 12.1 Å². The van der Waals surface area contributed by atoms with Crippen molar-refractivity contribution in [3.05, 3.63) is 41.5 Å². The molecule has 0 aliphatic heterocycles. The summed E-state index contributed by atoms with van der Waals surface area (Å²) in [6.07, 6.45) is 2.66. The summed E-state index contributed by atoms with van der Waals surface area (Å²) >= 11 is 4.94. The average Bonchev–Trinajstić information content (AvgIpc) is 2.71.